The zero-order chi connectivity index (χ0) is 17.1. The number of hydrogen-bond acceptors (Lipinski definition) is 3. The van der Waals surface area contributed by atoms with Gasteiger partial charge in [0.1, 0.15) is 12.3 Å². The van der Waals surface area contributed by atoms with E-state index >= 15 is 0 Å². The number of anilines is 1. The molecule has 6 heteroatoms. The summed E-state index contributed by atoms with van der Waals surface area (Å²) in [6.45, 7) is 0.0734. The van der Waals surface area contributed by atoms with Gasteiger partial charge in [-0.3, -0.25) is 9.59 Å². The van der Waals surface area contributed by atoms with Gasteiger partial charge in [-0.25, -0.2) is 0 Å². The Morgan fingerprint density at radius 3 is 2.83 bits per heavy atom. The lowest BCUT2D eigenvalue weighted by atomic mass is 10.2. The third-order valence-electron chi connectivity index (χ3n) is 3.70. The van der Waals surface area contributed by atoms with Crippen molar-refractivity contribution in [3.05, 3.63) is 59.2 Å². The minimum atomic E-state index is -0.242. The van der Waals surface area contributed by atoms with Crippen LogP contribution in [0, 0.1) is 0 Å². The molecule has 0 fully saturated rings. The van der Waals surface area contributed by atoms with E-state index in [9.17, 15) is 9.59 Å². The number of fused-ring (bicyclic) bond motifs is 1. The van der Waals surface area contributed by atoms with E-state index in [0.717, 1.165) is 17.2 Å². The van der Waals surface area contributed by atoms with Gasteiger partial charge in [-0.05, 0) is 24.3 Å². The number of benzene rings is 2. The van der Waals surface area contributed by atoms with Crippen LogP contribution in [0.4, 0.5) is 5.69 Å². The van der Waals surface area contributed by atoms with Crippen molar-refractivity contribution in [2.75, 3.05) is 12.4 Å². The normalized spacial score (nSPS) is 10.6. The van der Waals surface area contributed by atoms with E-state index in [4.69, 9.17) is 16.3 Å². The molecule has 1 amide bonds. The third-order valence-corrected chi connectivity index (χ3v) is 3.93. The minimum absolute atomic E-state index is 0.0734. The smallest absolute Gasteiger partial charge is 0.244 e. The summed E-state index contributed by atoms with van der Waals surface area (Å²) >= 11 is 5.97. The van der Waals surface area contributed by atoms with Gasteiger partial charge in [0.15, 0.2) is 6.29 Å². The number of halogens is 1. The fraction of sp³-hybridized carbons (Fsp3) is 0.111. The van der Waals surface area contributed by atoms with Crippen LogP contribution in [0.15, 0.2) is 48.7 Å². The highest BCUT2D eigenvalue weighted by Crippen LogP contribution is 2.28. The number of para-hydroxylation sites is 1. The average Bonchev–Trinajstić information content (AvgIpc) is 2.93. The van der Waals surface area contributed by atoms with E-state index in [1.807, 2.05) is 24.3 Å². The molecule has 1 N–H and O–H groups in total. The quantitative estimate of drug-likeness (QED) is 0.718. The molecule has 122 valence electrons. The molecule has 0 aliphatic rings. The molecule has 0 aliphatic carbocycles. The van der Waals surface area contributed by atoms with Crippen molar-refractivity contribution in [1.82, 2.24) is 4.57 Å². The number of amides is 1. The van der Waals surface area contributed by atoms with Crippen LogP contribution in [0.5, 0.6) is 5.75 Å². The number of carbonyl (C=O) groups is 2. The number of nitrogens with zero attached hydrogens (tertiary/aromatic N) is 1. The van der Waals surface area contributed by atoms with Crippen LogP contribution in [0.25, 0.3) is 10.9 Å². The Morgan fingerprint density at radius 2 is 2.08 bits per heavy atom. The van der Waals surface area contributed by atoms with Crippen molar-refractivity contribution in [2.45, 2.75) is 6.54 Å². The van der Waals surface area contributed by atoms with E-state index < -0.39 is 0 Å². The molecule has 0 aliphatic heterocycles. The van der Waals surface area contributed by atoms with E-state index in [0.29, 0.717) is 22.0 Å². The second-order valence-electron chi connectivity index (χ2n) is 5.24. The number of carbonyl (C=O) groups excluding carboxylic acids is 2. The van der Waals surface area contributed by atoms with Gasteiger partial charge in [0.05, 0.1) is 12.8 Å². The van der Waals surface area contributed by atoms with Gasteiger partial charge in [-0.15, -0.1) is 0 Å². The first kappa shape index (κ1) is 16.1. The number of aldehydes is 1. The first-order chi connectivity index (χ1) is 11.6. The van der Waals surface area contributed by atoms with Gasteiger partial charge >= 0.3 is 0 Å². The zero-order valence-corrected chi connectivity index (χ0v) is 13.7. The van der Waals surface area contributed by atoms with E-state index in [-0.39, 0.29) is 12.5 Å². The maximum absolute atomic E-state index is 12.4. The van der Waals surface area contributed by atoms with Crippen LogP contribution in [0.1, 0.15) is 10.4 Å². The van der Waals surface area contributed by atoms with E-state index in [2.05, 4.69) is 5.32 Å². The Bertz CT molecular complexity index is 918. The van der Waals surface area contributed by atoms with Gasteiger partial charge in [0.25, 0.3) is 0 Å². The number of methoxy groups -OCH3 is 1. The van der Waals surface area contributed by atoms with Crippen LogP contribution in [0.3, 0.4) is 0 Å². The Kier molecular flexibility index (Phi) is 4.53. The van der Waals surface area contributed by atoms with Crippen LogP contribution in [-0.2, 0) is 11.3 Å². The van der Waals surface area contributed by atoms with Crippen LogP contribution in [0.2, 0.25) is 5.02 Å². The van der Waals surface area contributed by atoms with Crippen LogP contribution >= 0.6 is 11.6 Å². The summed E-state index contributed by atoms with van der Waals surface area (Å²) in [5.41, 5.74) is 1.88. The maximum Gasteiger partial charge on any atom is 0.244 e. The Morgan fingerprint density at radius 1 is 1.29 bits per heavy atom. The van der Waals surface area contributed by atoms with Gasteiger partial charge in [-0.2, -0.15) is 0 Å². The predicted octanol–water partition coefficient (Wildman–Crippen LogP) is 3.75. The standard InChI is InChI=1S/C18H15ClN2O3/c1-24-17-7-6-13(19)8-15(17)20-18(23)10-21-9-12(11-22)14-4-2-3-5-16(14)21/h2-9,11H,10H2,1H3,(H,20,23). The first-order valence-electron chi connectivity index (χ1n) is 7.29. The molecular weight excluding hydrogens is 328 g/mol. The minimum Gasteiger partial charge on any atom is -0.495 e. The second-order valence-corrected chi connectivity index (χ2v) is 5.68. The maximum atomic E-state index is 12.4. The fourth-order valence-corrected chi connectivity index (χ4v) is 2.79. The van der Waals surface area contributed by atoms with Gasteiger partial charge in [-0.1, -0.05) is 29.8 Å². The number of ether oxygens (including phenoxy) is 1. The van der Waals surface area contributed by atoms with Crippen molar-refractivity contribution in [3.8, 4) is 5.75 Å². The largest absolute Gasteiger partial charge is 0.495 e. The zero-order valence-electron chi connectivity index (χ0n) is 13.0. The van der Waals surface area contributed by atoms with Crippen molar-refractivity contribution in [2.24, 2.45) is 0 Å². The highest BCUT2D eigenvalue weighted by molar-refractivity contribution is 6.31. The summed E-state index contributed by atoms with van der Waals surface area (Å²) in [6.07, 6.45) is 2.46. The average molecular weight is 343 g/mol. The van der Waals surface area contributed by atoms with E-state index in [1.54, 1.807) is 29.0 Å². The second kappa shape index (κ2) is 6.76. The molecule has 0 saturated heterocycles. The molecule has 24 heavy (non-hydrogen) atoms. The number of rotatable bonds is 5. The Balaban J connectivity index is 1.86. The first-order valence-corrected chi connectivity index (χ1v) is 7.66. The molecule has 3 rings (SSSR count). The lowest BCUT2D eigenvalue weighted by molar-refractivity contribution is -0.116. The molecular formula is C18H15ClN2O3. The van der Waals surface area contributed by atoms with Crippen LogP contribution in [-0.4, -0.2) is 23.9 Å². The lowest BCUT2D eigenvalue weighted by Crippen LogP contribution is -2.18. The molecule has 0 unspecified atom stereocenters. The third kappa shape index (κ3) is 3.12. The van der Waals surface area contributed by atoms with Gasteiger partial charge in [0, 0.05) is 27.7 Å². The monoisotopic (exact) mass is 342 g/mol. The molecule has 0 radical (unpaired) electrons. The van der Waals surface area contributed by atoms with Crippen molar-refractivity contribution < 1.29 is 14.3 Å². The topological polar surface area (TPSA) is 60.3 Å². The Hall–Kier alpha value is -2.79. The summed E-state index contributed by atoms with van der Waals surface area (Å²) in [4.78, 5) is 23.6. The Labute approximate surface area is 143 Å². The van der Waals surface area contributed by atoms with Crippen molar-refractivity contribution in [1.29, 1.82) is 0 Å². The molecule has 0 saturated carbocycles. The number of aromatic nitrogens is 1. The molecule has 1 aromatic heterocycles. The highest BCUT2D eigenvalue weighted by Gasteiger charge is 2.12. The summed E-state index contributed by atoms with van der Waals surface area (Å²) in [5.74, 6) is 0.285. The lowest BCUT2D eigenvalue weighted by Gasteiger charge is -2.11. The SMILES string of the molecule is COc1ccc(Cl)cc1NC(=O)Cn1cc(C=O)c2ccccc21. The summed E-state index contributed by atoms with van der Waals surface area (Å²) in [6, 6.07) is 12.5. The van der Waals surface area contributed by atoms with Crippen molar-refractivity contribution >= 4 is 40.4 Å². The molecule has 5 nitrogen and oxygen atoms in total. The molecule has 0 atom stereocenters. The molecule has 1 heterocycles. The van der Waals surface area contributed by atoms with E-state index in [1.165, 1.54) is 7.11 Å². The molecule has 0 bridgehead atoms. The summed E-state index contributed by atoms with van der Waals surface area (Å²) in [5, 5.41) is 4.11. The molecule has 3 aromatic rings. The summed E-state index contributed by atoms with van der Waals surface area (Å²) in [7, 11) is 1.52. The van der Waals surface area contributed by atoms with Crippen LogP contribution < -0.4 is 10.1 Å². The molecule has 2 aromatic carbocycles. The van der Waals surface area contributed by atoms with Crippen molar-refractivity contribution in [3.63, 3.8) is 0 Å². The predicted molar refractivity (Wildman–Crippen MR) is 94.0 cm³/mol. The van der Waals surface area contributed by atoms with Gasteiger partial charge < -0.3 is 14.6 Å². The summed E-state index contributed by atoms with van der Waals surface area (Å²) < 4.78 is 6.96. The highest BCUT2D eigenvalue weighted by atomic mass is 35.5. The number of nitrogens with one attached hydrogen (secondary N) is 1. The molecule has 0 spiro atoms. The fourth-order valence-electron chi connectivity index (χ4n) is 2.62. The van der Waals surface area contributed by atoms with Gasteiger partial charge in [0.2, 0.25) is 5.91 Å². The number of hydrogen-bond donors (Lipinski definition) is 1.